The van der Waals surface area contributed by atoms with E-state index in [0.29, 0.717) is 36.4 Å². The number of nitrogens with zero attached hydrogens (tertiary/aromatic N) is 1. The number of carbonyl (C=O) groups is 3. The molecular weight excluding hydrogens is 332 g/mol. The molecule has 0 radical (unpaired) electrons. The lowest BCUT2D eigenvalue weighted by Crippen LogP contribution is -2.24. The molecule has 2 aromatic carbocycles. The van der Waals surface area contributed by atoms with Gasteiger partial charge in [0.05, 0.1) is 12.2 Å². The zero-order valence-electron chi connectivity index (χ0n) is 14.5. The zero-order chi connectivity index (χ0) is 18.5. The minimum Gasteiger partial charge on any atom is -0.462 e. The maximum Gasteiger partial charge on any atom is 0.338 e. The summed E-state index contributed by atoms with van der Waals surface area (Å²) in [5.74, 6) is -0.590. The Morgan fingerprint density at radius 2 is 1.88 bits per heavy atom. The van der Waals surface area contributed by atoms with Gasteiger partial charge in [-0.1, -0.05) is 6.07 Å². The van der Waals surface area contributed by atoms with Crippen LogP contribution in [0.25, 0.3) is 0 Å². The molecule has 2 amide bonds. The van der Waals surface area contributed by atoms with Crippen LogP contribution in [0.4, 0.5) is 11.4 Å². The van der Waals surface area contributed by atoms with E-state index in [-0.39, 0.29) is 11.8 Å². The number of anilines is 2. The van der Waals surface area contributed by atoms with E-state index in [2.05, 4.69) is 5.32 Å². The fraction of sp³-hybridized carbons (Fsp3) is 0.250. The molecule has 2 aromatic rings. The van der Waals surface area contributed by atoms with Crippen molar-refractivity contribution in [3.63, 3.8) is 0 Å². The highest BCUT2D eigenvalue weighted by Crippen LogP contribution is 2.23. The maximum absolute atomic E-state index is 12.5. The first kappa shape index (κ1) is 17.7. The Hall–Kier alpha value is -3.15. The first-order chi connectivity index (χ1) is 12.6. The lowest BCUT2D eigenvalue weighted by Gasteiger charge is -2.16. The third-order valence-electron chi connectivity index (χ3n) is 4.15. The van der Waals surface area contributed by atoms with Gasteiger partial charge in [-0.15, -0.1) is 0 Å². The molecule has 6 heteroatoms. The highest BCUT2D eigenvalue weighted by Gasteiger charge is 2.22. The van der Waals surface area contributed by atoms with Crippen LogP contribution < -0.4 is 10.2 Å². The van der Waals surface area contributed by atoms with E-state index in [1.807, 2.05) is 6.07 Å². The summed E-state index contributed by atoms with van der Waals surface area (Å²) in [5, 5.41) is 2.79. The van der Waals surface area contributed by atoms with Crippen LogP contribution in [-0.4, -0.2) is 30.9 Å². The van der Waals surface area contributed by atoms with Crippen LogP contribution in [0.5, 0.6) is 0 Å². The molecule has 0 unspecified atom stereocenters. The Morgan fingerprint density at radius 3 is 2.54 bits per heavy atom. The first-order valence-electron chi connectivity index (χ1n) is 8.57. The molecule has 0 aliphatic carbocycles. The summed E-state index contributed by atoms with van der Waals surface area (Å²) in [6.45, 7) is 2.74. The molecule has 1 saturated heterocycles. The molecule has 1 aliphatic heterocycles. The number of rotatable bonds is 5. The number of nitrogens with one attached hydrogen (secondary N) is 1. The maximum atomic E-state index is 12.5. The van der Waals surface area contributed by atoms with Crippen molar-refractivity contribution in [1.82, 2.24) is 0 Å². The monoisotopic (exact) mass is 352 g/mol. The van der Waals surface area contributed by atoms with Gasteiger partial charge in [0.15, 0.2) is 0 Å². The van der Waals surface area contributed by atoms with Gasteiger partial charge < -0.3 is 15.0 Å². The molecule has 0 spiro atoms. The van der Waals surface area contributed by atoms with Crippen molar-refractivity contribution in [3.05, 3.63) is 59.7 Å². The summed E-state index contributed by atoms with van der Waals surface area (Å²) in [5.41, 5.74) is 2.21. The third-order valence-corrected chi connectivity index (χ3v) is 4.15. The molecular formula is C20H20N2O4. The van der Waals surface area contributed by atoms with Gasteiger partial charge >= 0.3 is 5.97 Å². The predicted molar refractivity (Wildman–Crippen MR) is 98.4 cm³/mol. The van der Waals surface area contributed by atoms with E-state index in [0.717, 1.165) is 12.1 Å². The smallest absolute Gasteiger partial charge is 0.338 e. The van der Waals surface area contributed by atoms with Crippen molar-refractivity contribution in [1.29, 1.82) is 0 Å². The van der Waals surface area contributed by atoms with Crippen LogP contribution in [0.2, 0.25) is 0 Å². The van der Waals surface area contributed by atoms with Crippen LogP contribution in [0.15, 0.2) is 48.5 Å². The Kier molecular flexibility index (Phi) is 5.31. The predicted octanol–water partition coefficient (Wildman–Crippen LogP) is 3.24. The van der Waals surface area contributed by atoms with Gasteiger partial charge in [0.2, 0.25) is 5.91 Å². The molecule has 3 rings (SSSR count). The van der Waals surface area contributed by atoms with Crippen LogP contribution >= 0.6 is 0 Å². The van der Waals surface area contributed by atoms with Crippen LogP contribution in [0.3, 0.4) is 0 Å². The van der Waals surface area contributed by atoms with Crippen molar-refractivity contribution in [2.75, 3.05) is 23.4 Å². The number of esters is 1. The second kappa shape index (κ2) is 7.82. The minimum absolute atomic E-state index is 0.0807. The van der Waals surface area contributed by atoms with E-state index >= 15 is 0 Å². The van der Waals surface area contributed by atoms with E-state index < -0.39 is 5.97 Å². The Morgan fingerprint density at radius 1 is 1.12 bits per heavy atom. The number of amides is 2. The average molecular weight is 352 g/mol. The van der Waals surface area contributed by atoms with E-state index in [1.165, 1.54) is 0 Å². The lowest BCUT2D eigenvalue weighted by atomic mass is 10.1. The molecule has 134 valence electrons. The molecule has 26 heavy (non-hydrogen) atoms. The third kappa shape index (κ3) is 3.91. The second-order valence-electron chi connectivity index (χ2n) is 5.95. The van der Waals surface area contributed by atoms with Gasteiger partial charge in [0.1, 0.15) is 0 Å². The zero-order valence-corrected chi connectivity index (χ0v) is 14.5. The summed E-state index contributed by atoms with van der Waals surface area (Å²) in [4.78, 5) is 37.7. The van der Waals surface area contributed by atoms with E-state index in [1.54, 1.807) is 54.3 Å². The van der Waals surface area contributed by atoms with Crippen LogP contribution in [-0.2, 0) is 9.53 Å². The topological polar surface area (TPSA) is 75.7 Å². The van der Waals surface area contributed by atoms with Crippen molar-refractivity contribution in [3.8, 4) is 0 Å². The Bertz CT molecular complexity index is 830. The standard InChI is InChI=1S/C20H20N2O4/c1-2-26-20(25)14-8-10-16(11-9-14)21-19(24)15-5-3-6-17(13-15)22-12-4-7-18(22)23/h3,5-6,8-11,13H,2,4,7,12H2,1H3,(H,21,24). The Balaban J connectivity index is 1.70. The molecule has 1 N–H and O–H groups in total. The van der Waals surface area contributed by atoms with Gasteiger partial charge in [-0.25, -0.2) is 4.79 Å². The molecule has 0 aromatic heterocycles. The summed E-state index contributed by atoms with van der Waals surface area (Å²) in [7, 11) is 0. The quantitative estimate of drug-likeness (QED) is 0.838. The number of benzene rings is 2. The van der Waals surface area contributed by atoms with Gasteiger partial charge in [-0.2, -0.15) is 0 Å². The summed E-state index contributed by atoms with van der Waals surface area (Å²) in [6.07, 6.45) is 1.38. The first-order valence-corrected chi connectivity index (χ1v) is 8.57. The molecule has 0 atom stereocenters. The highest BCUT2D eigenvalue weighted by molar-refractivity contribution is 6.06. The van der Waals surface area contributed by atoms with Crippen molar-refractivity contribution < 1.29 is 19.1 Å². The molecule has 1 fully saturated rings. The van der Waals surface area contributed by atoms with Crippen molar-refractivity contribution in [2.24, 2.45) is 0 Å². The van der Waals surface area contributed by atoms with E-state index in [4.69, 9.17) is 4.74 Å². The van der Waals surface area contributed by atoms with Crippen molar-refractivity contribution in [2.45, 2.75) is 19.8 Å². The molecule has 1 heterocycles. The second-order valence-corrected chi connectivity index (χ2v) is 5.95. The number of hydrogen-bond acceptors (Lipinski definition) is 4. The molecule has 1 aliphatic rings. The normalized spacial score (nSPS) is 13.6. The number of ether oxygens (including phenoxy) is 1. The SMILES string of the molecule is CCOC(=O)c1ccc(NC(=O)c2cccc(N3CCCC3=O)c2)cc1. The van der Waals surface area contributed by atoms with Crippen molar-refractivity contribution >= 4 is 29.2 Å². The molecule has 0 saturated carbocycles. The fourth-order valence-corrected chi connectivity index (χ4v) is 2.84. The Labute approximate surface area is 151 Å². The van der Waals surface area contributed by atoms with Gasteiger partial charge in [-0.05, 0) is 55.8 Å². The number of carbonyl (C=O) groups excluding carboxylic acids is 3. The van der Waals surface area contributed by atoms with Gasteiger partial charge in [0.25, 0.3) is 5.91 Å². The van der Waals surface area contributed by atoms with Crippen LogP contribution in [0, 0.1) is 0 Å². The average Bonchev–Trinajstić information content (AvgIpc) is 3.08. The largest absolute Gasteiger partial charge is 0.462 e. The highest BCUT2D eigenvalue weighted by atomic mass is 16.5. The summed E-state index contributed by atoms with van der Waals surface area (Å²) >= 11 is 0. The molecule has 0 bridgehead atoms. The van der Waals surface area contributed by atoms with Gasteiger partial charge in [-0.3, -0.25) is 9.59 Å². The minimum atomic E-state index is -0.395. The van der Waals surface area contributed by atoms with Gasteiger partial charge in [0, 0.05) is 29.9 Å². The summed E-state index contributed by atoms with van der Waals surface area (Å²) < 4.78 is 4.93. The van der Waals surface area contributed by atoms with E-state index in [9.17, 15) is 14.4 Å². The number of hydrogen-bond donors (Lipinski definition) is 1. The van der Waals surface area contributed by atoms with Crippen LogP contribution in [0.1, 0.15) is 40.5 Å². The fourth-order valence-electron chi connectivity index (χ4n) is 2.84. The lowest BCUT2D eigenvalue weighted by molar-refractivity contribution is -0.117. The summed E-state index contributed by atoms with van der Waals surface area (Å²) in [6, 6.07) is 13.5. The molecule has 6 nitrogen and oxygen atoms in total.